The van der Waals surface area contributed by atoms with Gasteiger partial charge in [0.15, 0.2) is 0 Å². The van der Waals surface area contributed by atoms with E-state index in [4.69, 9.17) is 9.11 Å². The Labute approximate surface area is 183 Å². The molecule has 0 atom stereocenters. The summed E-state index contributed by atoms with van der Waals surface area (Å²) in [5.41, 5.74) is -1.02. The summed E-state index contributed by atoms with van der Waals surface area (Å²) in [4.78, 5) is 8.12. The number of benzene rings is 2. The SMILES string of the molecule is O=[N+]([O-])c1c(O)c(S(=O)(=O)O)cc2cc(S(=O)(=O)O)ccc12.[H-].[H-].[Na+].[Na+]. The molecule has 14 heteroatoms. The van der Waals surface area contributed by atoms with Crippen molar-refractivity contribution in [3.8, 4) is 5.75 Å². The van der Waals surface area contributed by atoms with Gasteiger partial charge in [-0.3, -0.25) is 19.2 Å². The number of nitro groups is 1. The zero-order chi connectivity index (χ0) is 16.9. The van der Waals surface area contributed by atoms with Crippen LogP contribution in [-0.4, -0.2) is 36.0 Å². The van der Waals surface area contributed by atoms with Gasteiger partial charge >= 0.3 is 64.8 Å². The van der Waals surface area contributed by atoms with E-state index in [1.165, 1.54) is 0 Å². The van der Waals surface area contributed by atoms with E-state index >= 15 is 0 Å². The van der Waals surface area contributed by atoms with Crippen LogP contribution in [0, 0.1) is 10.1 Å². The average Bonchev–Trinajstić information content (AvgIpc) is 2.34. The quantitative estimate of drug-likeness (QED) is 0.199. The third-order valence-electron chi connectivity index (χ3n) is 2.78. The number of fused-ring (bicyclic) bond motifs is 1. The number of rotatable bonds is 3. The van der Waals surface area contributed by atoms with Gasteiger partial charge in [-0.15, -0.1) is 0 Å². The molecule has 0 radical (unpaired) electrons. The molecule has 0 bridgehead atoms. The maximum Gasteiger partial charge on any atom is 1.00 e. The third kappa shape index (κ3) is 4.66. The van der Waals surface area contributed by atoms with Crippen molar-refractivity contribution in [3.63, 3.8) is 0 Å². The number of phenols is 1. The maximum absolute atomic E-state index is 11.2. The van der Waals surface area contributed by atoms with Crippen LogP contribution < -0.4 is 59.1 Å². The molecule has 0 spiro atoms. The van der Waals surface area contributed by atoms with E-state index in [-0.39, 0.29) is 72.7 Å². The molecule has 2 rings (SSSR count). The van der Waals surface area contributed by atoms with Crippen LogP contribution in [0.1, 0.15) is 2.85 Å². The first-order chi connectivity index (χ1) is 9.93. The number of phenolic OH excluding ortho intramolecular Hbond substituents is 1. The van der Waals surface area contributed by atoms with E-state index in [0.717, 1.165) is 18.2 Å². The molecule has 0 fully saturated rings. The summed E-state index contributed by atoms with van der Waals surface area (Å²) >= 11 is 0. The Morgan fingerprint density at radius 2 is 1.54 bits per heavy atom. The second-order valence-electron chi connectivity index (χ2n) is 4.16. The minimum Gasteiger partial charge on any atom is -1.00 e. The van der Waals surface area contributed by atoms with E-state index in [9.17, 15) is 32.1 Å². The zero-order valence-electron chi connectivity index (χ0n) is 14.4. The van der Waals surface area contributed by atoms with Crippen LogP contribution >= 0.6 is 0 Å². The first-order valence-electron chi connectivity index (χ1n) is 5.32. The van der Waals surface area contributed by atoms with Crippen LogP contribution in [0.15, 0.2) is 34.1 Å². The Morgan fingerprint density at radius 1 is 1.00 bits per heavy atom. The fourth-order valence-corrected chi connectivity index (χ4v) is 3.00. The minimum atomic E-state index is -5.00. The average molecular weight is 397 g/mol. The molecule has 3 N–H and O–H groups in total. The van der Waals surface area contributed by atoms with E-state index in [0.29, 0.717) is 6.07 Å². The molecule has 0 heterocycles. The Hall–Kier alpha value is -0.280. The molecule has 0 saturated carbocycles. The van der Waals surface area contributed by atoms with Gasteiger partial charge in [0.05, 0.1) is 15.2 Å². The molecule has 10 nitrogen and oxygen atoms in total. The summed E-state index contributed by atoms with van der Waals surface area (Å²) in [5.74, 6) is -1.28. The summed E-state index contributed by atoms with van der Waals surface area (Å²) in [6.45, 7) is 0. The fourth-order valence-electron chi connectivity index (χ4n) is 1.87. The van der Waals surface area contributed by atoms with Crippen LogP contribution in [0.3, 0.4) is 0 Å². The summed E-state index contributed by atoms with van der Waals surface area (Å²) in [6.07, 6.45) is 0. The first-order valence-corrected chi connectivity index (χ1v) is 8.20. The number of hydrogen-bond donors (Lipinski definition) is 3. The third-order valence-corrected chi connectivity index (χ3v) is 4.50. The topological polar surface area (TPSA) is 172 Å². The van der Waals surface area contributed by atoms with E-state index in [1.807, 2.05) is 0 Å². The van der Waals surface area contributed by atoms with Crippen molar-refractivity contribution in [3.05, 3.63) is 34.4 Å². The summed E-state index contributed by atoms with van der Waals surface area (Å²) in [6, 6.07) is 3.19. The van der Waals surface area contributed by atoms with Gasteiger partial charge in [-0.2, -0.15) is 16.8 Å². The zero-order valence-corrected chi connectivity index (χ0v) is 18.0. The molecule has 2 aromatic carbocycles. The predicted molar refractivity (Wildman–Crippen MR) is 74.1 cm³/mol. The van der Waals surface area contributed by atoms with Gasteiger partial charge in [0, 0.05) is 0 Å². The second-order valence-corrected chi connectivity index (χ2v) is 6.97. The fraction of sp³-hybridized carbons (Fsp3) is 0. The molecular weight excluding hydrogens is 388 g/mol. The van der Waals surface area contributed by atoms with E-state index in [1.54, 1.807) is 0 Å². The Balaban J connectivity index is -0.00000132. The summed E-state index contributed by atoms with van der Waals surface area (Å²) in [5, 5.41) is 20.1. The van der Waals surface area contributed by atoms with E-state index in [2.05, 4.69) is 0 Å². The van der Waals surface area contributed by atoms with Gasteiger partial charge in [-0.25, -0.2) is 0 Å². The minimum absolute atomic E-state index is 0. The Bertz CT molecular complexity index is 1030. The molecule has 0 saturated heterocycles. The van der Waals surface area contributed by atoms with Gasteiger partial charge in [0.1, 0.15) is 4.90 Å². The van der Waals surface area contributed by atoms with Crippen LogP contribution in [0.5, 0.6) is 5.75 Å². The largest absolute Gasteiger partial charge is 1.00 e. The van der Waals surface area contributed by atoms with Crippen molar-refractivity contribution in [2.45, 2.75) is 9.79 Å². The van der Waals surface area contributed by atoms with Crippen molar-refractivity contribution in [2.24, 2.45) is 0 Å². The summed E-state index contributed by atoms with van der Waals surface area (Å²) in [7, 11) is -9.63. The number of nitro benzene ring substituents is 1. The Kier molecular flexibility index (Phi) is 7.86. The van der Waals surface area contributed by atoms with Crippen LogP contribution in [0.25, 0.3) is 10.8 Å². The van der Waals surface area contributed by atoms with Crippen molar-refractivity contribution in [1.29, 1.82) is 0 Å². The molecule has 2 aromatic rings. The molecule has 0 aliphatic rings. The molecule has 24 heavy (non-hydrogen) atoms. The molecule has 122 valence electrons. The number of aromatic hydroxyl groups is 1. The molecule has 0 aliphatic carbocycles. The van der Waals surface area contributed by atoms with Gasteiger partial charge in [0.25, 0.3) is 20.2 Å². The van der Waals surface area contributed by atoms with Gasteiger partial charge in [0.2, 0.25) is 5.75 Å². The molecule has 0 amide bonds. The normalized spacial score (nSPS) is 11.4. The van der Waals surface area contributed by atoms with Crippen molar-refractivity contribution in [2.75, 3.05) is 0 Å². The van der Waals surface area contributed by atoms with Crippen LogP contribution in [-0.2, 0) is 20.2 Å². The van der Waals surface area contributed by atoms with Crippen LogP contribution in [0.4, 0.5) is 5.69 Å². The smallest absolute Gasteiger partial charge is 1.00 e. The molecule has 0 unspecified atom stereocenters. The van der Waals surface area contributed by atoms with Crippen LogP contribution in [0.2, 0.25) is 0 Å². The molecular formula is C10H9NNa2O9S2. The number of nitrogens with zero attached hydrogens (tertiary/aromatic N) is 1. The molecule has 0 aliphatic heterocycles. The summed E-state index contributed by atoms with van der Waals surface area (Å²) < 4.78 is 62.3. The monoisotopic (exact) mass is 397 g/mol. The van der Waals surface area contributed by atoms with Gasteiger partial charge in [-0.05, 0) is 29.7 Å². The predicted octanol–water partition coefficient (Wildman–Crippen LogP) is -4.82. The Morgan fingerprint density at radius 3 is 1.96 bits per heavy atom. The number of hydrogen-bond acceptors (Lipinski definition) is 7. The van der Waals surface area contributed by atoms with Crippen molar-refractivity contribution in [1.82, 2.24) is 0 Å². The maximum atomic E-state index is 11.2. The standard InChI is InChI=1S/C10H7NO9S2.2Na.2H/c12-10-8(22(18,19)20)4-5-3-6(21(15,16)17)1-2-7(5)9(10)11(13)14;;;;/h1-4,12H,(H,15,16,17)(H,18,19,20);;;;/q;2*+1;2*-1. The second kappa shape index (κ2) is 7.95. The van der Waals surface area contributed by atoms with E-state index < -0.39 is 46.4 Å². The van der Waals surface area contributed by atoms with Gasteiger partial charge in [-0.1, -0.05) is 0 Å². The first kappa shape index (κ1) is 23.7. The van der Waals surface area contributed by atoms with Crippen molar-refractivity contribution < 1.29 is 97.9 Å². The van der Waals surface area contributed by atoms with Crippen molar-refractivity contribution >= 4 is 36.7 Å². The molecule has 0 aromatic heterocycles. The van der Waals surface area contributed by atoms with Gasteiger partial charge < -0.3 is 7.96 Å².